The molecule has 0 radical (unpaired) electrons. The Morgan fingerprint density at radius 1 is 1.21 bits per heavy atom. The summed E-state index contributed by atoms with van der Waals surface area (Å²) in [7, 11) is 0. The summed E-state index contributed by atoms with van der Waals surface area (Å²) in [6.45, 7) is 4.14. The zero-order valence-electron chi connectivity index (χ0n) is 15.8. The third-order valence-corrected chi connectivity index (χ3v) is 6.60. The molecule has 3 heterocycles. The molecule has 0 bridgehead atoms. The molecule has 6 nitrogen and oxygen atoms in total. The lowest BCUT2D eigenvalue weighted by molar-refractivity contribution is -0.181. The van der Waals surface area contributed by atoms with Crippen molar-refractivity contribution >= 4 is 39.8 Å². The standard InChI is InChI=1S/C20H20ClFN2O4S/c1-12-10-16(23-18(25)14-3-2-13(22)11-15(14)21)29-17(12)19(26)24-6-4-20(5-7-24)27-8-9-28-20/h2-3,10-11H,4-9H2,1H3,(H,23,25). The fourth-order valence-corrected chi connectivity index (χ4v) is 4.88. The highest BCUT2D eigenvalue weighted by Gasteiger charge is 2.41. The number of rotatable bonds is 3. The number of hydrogen-bond acceptors (Lipinski definition) is 5. The Bertz CT molecular complexity index is 948. The second-order valence-electron chi connectivity index (χ2n) is 7.10. The molecule has 0 aliphatic carbocycles. The Kier molecular flexibility index (Phi) is 5.61. The van der Waals surface area contributed by atoms with Crippen molar-refractivity contribution in [3.05, 3.63) is 51.1 Å². The second kappa shape index (κ2) is 8.02. The van der Waals surface area contributed by atoms with E-state index in [2.05, 4.69) is 5.32 Å². The van der Waals surface area contributed by atoms with Gasteiger partial charge in [0.15, 0.2) is 5.79 Å². The SMILES string of the molecule is Cc1cc(NC(=O)c2ccc(F)cc2Cl)sc1C(=O)N1CCC2(CC1)OCCO2. The first kappa shape index (κ1) is 20.3. The monoisotopic (exact) mass is 438 g/mol. The molecule has 2 aliphatic heterocycles. The lowest BCUT2D eigenvalue weighted by atomic mass is 10.0. The van der Waals surface area contributed by atoms with Gasteiger partial charge in [-0.15, -0.1) is 11.3 Å². The third kappa shape index (κ3) is 4.16. The molecule has 1 spiro atoms. The van der Waals surface area contributed by atoms with Crippen molar-refractivity contribution in [1.29, 1.82) is 0 Å². The van der Waals surface area contributed by atoms with Gasteiger partial charge in [-0.05, 0) is 36.8 Å². The first-order chi connectivity index (χ1) is 13.9. The normalized spacial score (nSPS) is 18.2. The van der Waals surface area contributed by atoms with E-state index in [0.717, 1.165) is 11.6 Å². The summed E-state index contributed by atoms with van der Waals surface area (Å²) in [5, 5.41) is 3.31. The van der Waals surface area contributed by atoms with Crippen LogP contribution in [-0.4, -0.2) is 48.8 Å². The number of nitrogens with zero attached hydrogens (tertiary/aromatic N) is 1. The molecule has 2 aliphatic rings. The molecule has 2 fully saturated rings. The molecular weight excluding hydrogens is 419 g/mol. The molecular formula is C20H20ClFN2O4S. The summed E-state index contributed by atoms with van der Waals surface area (Å²) in [6.07, 6.45) is 1.30. The van der Waals surface area contributed by atoms with Gasteiger partial charge in [-0.1, -0.05) is 11.6 Å². The largest absolute Gasteiger partial charge is 0.347 e. The molecule has 0 atom stereocenters. The Hall–Kier alpha value is -2.00. The zero-order chi connectivity index (χ0) is 20.6. The zero-order valence-corrected chi connectivity index (χ0v) is 17.4. The van der Waals surface area contributed by atoms with Crippen molar-refractivity contribution in [3.63, 3.8) is 0 Å². The van der Waals surface area contributed by atoms with Crippen LogP contribution >= 0.6 is 22.9 Å². The number of halogens is 2. The quantitative estimate of drug-likeness (QED) is 0.784. The number of aryl methyl sites for hydroxylation is 1. The number of carbonyl (C=O) groups is 2. The van der Waals surface area contributed by atoms with E-state index in [1.54, 1.807) is 11.0 Å². The van der Waals surface area contributed by atoms with E-state index in [4.69, 9.17) is 21.1 Å². The summed E-state index contributed by atoms with van der Waals surface area (Å²) < 4.78 is 24.6. The van der Waals surface area contributed by atoms with Crippen LogP contribution in [0, 0.1) is 12.7 Å². The van der Waals surface area contributed by atoms with Crippen molar-refractivity contribution in [3.8, 4) is 0 Å². The average molecular weight is 439 g/mol. The number of ether oxygens (including phenoxy) is 2. The van der Waals surface area contributed by atoms with E-state index >= 15 is 0 Å². The van der Waals surface area contributed by atoms with Gasteiger partial charge in [0, 0.05) is 25.9 Å². The van der Waals surface area contributed by atoms with Gasteiger partial charge in [0.2, 0.25) is 0 Å². The molecule has 1 aromatic carbocycles. The van der Waals surface area contributed by atoms with Crippen LogP contribution in [0.15, 0.2) is 24.3 Å². The summed E-state index contributed by atoms with van der Waals surface area (Å²) in [5.74, 6) is -1.57. The molecule has 2 aromatic rings. The van der Waals surface area contributed by atoms with Crippen molar-refractivity contribution in [1.82, 2.24) is 4.90 Å². The highest BCUT2D eigenvalue weighted by molar-refractivity contribution is 7.18. The minimum absolute atomic E-state index is 0.0330. The first-order valence-corrected chi connectivity index (χ1v) is 10.5. The van der Waals surface area contributed by atoms with E-state index in [-0.39, 0.29) is 16.5 Å². The van der Waals surface area contributed by atoms with Crippen LogP contribution in [0.4, 0.5) is 9.39 Å². The molecule has 2 amide bonds. The van der Waals surface area contributed by atoms with E-state index in [1.807, 2.05) is 6.92 Å². The molecule has 1 aromatic heterocycles. The van der Waals surface area contributed by atoms with Crippen LogP contribution < -0.4 is 5.32 Å². The minimum atomic E-state index is -0.533. The lowest BCUT2D eigenvalue weighted by Gasteiger charge is -2.37. The van der Waals surface area contributed by atoms with E-state index in [1.165, 1.54) is 23.5 Å². The van der Waals surface area contributed by atoms with E-state index in [0.29, 0.717) is 49.0 Å². The fourth-order valence-electron chi connectivity index (χ4n) is 3.59. The van der Waals surface area contributed by atoms with Gasteiger partial charge in [-0.25, -0.2) is 4.39 Å². The molecule has 4 rings (SSSR count). The number of piperidine rings is 1. The van der Waals surface area contributed by atoms with Crippen LogP contribution in [0.5, 0.6) is 0 Å². The van der Waals surface area contributed by atoms with Gasteiger partial charge in [0.05, 0.1) is 33.7 Å². The van der Waals surface area contributed by atoms with Crippen LogP contribution in [0.2, 0.25) is 5.02 Å². The van der Waals surface area contributed by atoms with Gasteiger partial charge >= 0.3 is 0 Å². The Morgan fingerprint density at radius 3 is 2.55 bits per heavy atom. The number of likely N-dealkylation sites (tertiary alicyclic amines) is 1. The van der Waals surface area contributed by atoms with Crippen molar-refractivity contribution in [2.75, 3.05) is 31.6 Å². The summed E-state index contributed by atoms with van der Waals surface area (Å²) >= 11 is 7.17. The lowest BCUT2D eigenvalue weighted by Crippen LogP contribution is -2.47. The smallest absolute Gasteiger partial charge is 0.264 e. The van der Waals surface area contributed by atoms with Crippen molar-refractivity contribution in [2.45, 2.75) is 25.6 Å². The highest BCUT2D eigenvalue weighted by atomic mass is 35.5. The predicted molar refractivity (Wildman–Crippen MR) is 108 cm³/mol. The molecule has 9 heteroatoms. The number of carbonyl (C=O) groups excluding carboxylic acids is 2. The second-order valence-corrected chi connectivity index (χ2v) is 8.56. The molecule has 1 N–H and O–H groups in total. The summed E-state index contributed by atoms with van der Waals surface area (Å²) in [5.41, 5.74) is 0.957. The minimum Gasteiger partial charge on any atom is -0.347 e. The number of amides is 2. The van der Waals surface area contributed by atoms with E-state index in [9.17, 15) is 14.0 Å². The van der Waals surface area contributed by atoms with Crippen LogP contribution in [0.3, 0.4) is 0 Å². The third-order valence-electron chi connectivity index (χ3n) is 5.15. The molecule has 2 saturated heterocycles. The predicted octanol–water partition coefficient (Wildman–Crippen LogP) is 4.08. The molecule has 29 heavy (non-hydrogen) atoms. The number of nitrogens with one attached hydrogen (secondary N) is 1. The van der Waals surface area contributed by atoms with Crippen molar-refractivity contribution < 1.29 is 23.5 Å². The number of anilines is 1. The Labute approximate surface area is 176 Å². The highest BCUT2D eigenvalue weighted by Crippen LogP contribution is 2.34. The maximum absolute atomic E-state index is 13.2. The van der Waals surface area contributed by atoms with Gasteiger partial charge in [-0.2, -0.15) is 0 Å². The number of hydrogen-bond donors (Lipinski definition) is 1. The average Bonchev–Trinajstić information content (AvgIpc) is 3.28. The van der Waals surface area contributed by atoms with E-state index < -0.39 is 17.5 Å². The van der Waals surface area contributed by atoms with Gasteiger partial charge in [0.1, 0.15) is 5.82 Å². The summed E-state index contributed by atoms with van der Waals surface area (Å²) in [4.78, 5) is 27.8. The topological polar surface area (TPSA) is 67.9 Å². The molecule has 0 unspecified atom stereocenters. The Morgan fingerprint density at radius 2 is 1.90 bits per heavy atom. The molecule has 154 valence electrons. The van der Waals surface area contributed by atoms with Crippen LogP contribution in [0.25, 0.3) is 0 Å². The maximum Gasteiger partial charge on any atom is 0.264 e. The first-order valence-electron chi connectivity index (χ1n) is 9.31. The van der Waals surface area contributed by atoms with Gasteiger partial charge in [-0.3, -0.25) is 9.59 Å². The summed E-state index contributed by atoms with van der Waals surface area (Å²) in [6, 6.07) is 5.35. The van der Waals surface area contributed by atoms with Gasteiger partial charge in [0.25, 0.3) is 11.8 Å². The number of thiophene rings is 1. The molecule has 0 saturated carbocycles. The Balaban J connectivity index is 1.43. The van der Waals surface area contributed by atoms with Crippen LogP contribution in [-0.2, 0) is 9.47 Å². The van der Waals surface area contributed by atoms with Gasteiger partial charge < -0.3 is 19.7 Å². The fraction of sp³-hybridized carbons (Fsp3) is 0.400. The van der Waals surface area contributed by atoms with Crippen LogP contribution in [0.1, 0.15) is 38.4 Å². The number of benzene rings is 1. The van der Waals surface area contributed by atoms with Crippen molar-refractivity contribution in [2.24, 2.45) is 0 Å². The maximum atomic E-state index is 13.2.